The number of rotatable bonds is 7. The van der Waals surface area contributed by atoms with Crippen molar-refractivity contribution in [3.63, 3.8) is 0 Å². The predicted molar refractivity (Wildman–Crippen MR) is 109 cm³/mol. The van der Waals surface area contributed by atoms with Gasteiger partial charge in [0.25, 0.3) is 5.91 Å². The number of aryl methyl sites for hydroxylation is 3. The quantitative estimate of drug-likeness (QED) is 0.610. The highest BCUT2D eigenvalue weighted by molar-refractivity contribution is 5.94. The van der Waals surface area contributed by atoms with Crippen LogP contribution in [0.25, 0.3) is 11.0 Å². The largest absolute Gasteiger partial charge is 0.464 e. The van der Waals surface area contributed by atoms with Crippen molar-refractivity contribution in [2.45, 2.75) is 40.0 Å². The highest BCUT2D eigenvalue weighted by Gasteiger charge is 2.15. The summed E-state index contributed by atoms with van der Waals surface area (Å²) in [6, 6.07) is 11.8. The molecule has 2 aromatic carbocycles. The van der Waals surface area contributed by atoms with Gasteiger partial charge in [-0.3, -0.25) is 9.59 Å². The number of esters is 1. The maximum atomic E-state index is 12.3. The first-order chi connectivity index (χ1) is 13.5. The summed E-state index contributed by atoms with van der Waals surface area (Å²) in [6.45, 7) is 5.76. The van der Waals surface area contributed by atoms with Crippen molar-refractivity contribution in [2.24, 2.45) is 0 Å². The molecule has 5 heteroatoms. The summed E-state index contributed by atoms with van der Waals surface area (Å²) in [5, 5.41) is 3.78. The lowest BCUT2D eigenvalue weighted by Crippen LogP contribution is -2.22. The molecule has 0 aliphatic heterocycles. The Morgan fingerprint density at radius 2 is 1.75 bits per heavy atom. The average Bonchev–Trinajstić information content (AvgIpc) is 3.08. The van der Waals surface area contributed by atoms with Gasteiger partial charge in [-0.2, -0.15) is 0 Å². The lowest BCUT2D eigenvalue weighted by atomic mass is 10.0. The second-order valence-corrected chi connectivity index (χ2v) is 6.80. The molecule has 3 aromatic rings. The van der Waals surface area contributed by atoms with Crippen LogP contribution in [0.5, 0.6) is 0 Å². The van der Waals surface area contributed by atoms with E-state index in [1.807, 2.05) is 57.2 Å². The van der Waals surface area contributed by atoms with E-state index in [9.17, 15) is 9.59 Å². The predicted octanol–water partition coefficient (Wildman–Crippen LogP) is 4.59. The summed E-state index contributed by atoms with van der Waals surface area (Å²) in [7, 11) is 0. The van der Waals surface area contributed by atoms with E-state index in [1.54, 1.807) is 6.26 Å². The van der Waals surface area contributed by atoms with E-state index < -0.39 is 5.97 Å². The molecule has 1 aromatic heterocycles. The van der Waals surface area contributed by atoms with E-state index in [4.69, 9.17) is 9.15 Å². The zero-order valence-corrected chi connectivity index (χ0v) is 16.5. The molecule has 0 aliphatic rings. The number of para-hydroxylation sites is 1. The molecule has 146 valence electrons. The van der Waals surface area contributed by atoms with Crippen LogP contribution in [0, 0.1) is 6.92 Å². The molecule has 3 rings (SSSR count). The van der Waals surface area contributed by atoms with Crippen LogP contribution in [-0.2, 0) is 33.6 Å². The molecule has 0 atom stereocenters. The Hall–Kier alpha value is -3.08. The molecule has 5 nitrogen and oxygen atoms in total. The number of hydrogen-bond donors (Lipinski definition) is 1. The topological polar surface area (TPSA) is 68.5 Å². The summed E-state index contributed by atoms with van der Waals surface area (Å²) in [6.07, 6.45) is 3.26. The van der Waals surface area contributed by atoms with E-state index >= 15 is 0 Å². The molecule has 1 N–H and O–H groups in total. The molecule has 1 heterocycles. The molecule has 0 spiro atoms. The molecule has 0 saturated carbocycles. The number of carbonyl (C=O) groups is 2. The minimum absolute atomic E-state index is 0.0646. The number of nitrogens with one attached hydrogen (secondary N) is 1. The summed E-state index contributed by atoms with van der Waals surface area (Å²) in [5.74, 6) is -0.797. The van der Waals surface area contributed by atoms with Gasteiger partial charge >= 0.3 is 5.97 Å². The van der Waals surface area contributed by atoms with Crippen molar-refractivity contribution >= 4 is 28.5 Å². The van der Waals surface area contributed by atoms with Crippen molar-refractivity contribution in [1.29, 1.82) is 0 Å². The summed E-state index contributed by atoms with van der Waals surface area (Å²) >= 11 is 0. The number of furan rings is 1. The summed E-state index contributed by atoms with van der Waals surface area (Å²) in [4.78, 5) is 24.5. The molecule has 0 bridgehead atoms. The first-order valence-corrected chi connectivity index (χ1v) is 9.54. The Labute approximate surface area is 164 Å². The van der Waals surface area contributed by atoms with Crippen LogP contribution in [0.1, 0.15) is 36.1 Å². The van der Waals surface area contributed by atoms with Crippen molar-refractivity contribution < 1.29 is 18.7 Å². The number of carbonyl (C=O) groups excluding carboxylic acids is 2. The fourth-order valence-corrected chi connectivity index (χ4v) is 3.26. The Morgan fingerprint density at radius 3 is 2.43 bits per heavy atom. The van der Waals surface area contributed by atoms with Crippen LogP contribution in [0.3, 0.4) is 0 Å². The first-order valence-electron chi connectivity index (χ1n) is 9.54. The van der Waals surface area contributed by atoms with Gasteiger partial charge in [-0.25, -0.2) is 0 Å². The summed E-state index contributed by atoms with van der Waals surface area (Å²) in [5.41, 5.74) is 5.54. The minimum Gasteiger partial charge on any atom is -0.464 e. The van der Waals surface area contributed by atoms with E-state index in [0.717, 1.165) is 51.8 Å². The lowest BCUT2D eigenvalue weighted by Gasteiger charge is -2.14. The van der Waals surface area contributed by atoms with E-state index in [0.29, 0.717) is 0 Å². The van der Waals surface area contributed by atoms with Crippen LogP contribution in [0.2, 0.25) is 0 Å². The molecule has 28 heavy (non-hydrogen) atoms. The SMILES string of the molecule is CCc1cccc(CC)c1NC(=O)COC(=O)Cc1coc2cc(C)ccc12. The van der Waals surface area contributed by atoms with Gasteiger partial charge in [-0.15, -0.1) is 0 Å². The highest BCUT2D eigenvalue weighted by Crippen LogP contribution is 2.24. The van der Waals surface area contributed by atoms with E-state index in [1.165, 1.54) is 0 Å². The fraction of sp³-hybridized carbons (Fsp3) is 0.304. The number of amides is 1. The fourth-order valence-electron chi connectivity index (χ4n) is 3.26. The molecule has 0 aliphatic carbocycles. The maximum absolute atomic E-state index is 12.3. The number of hydrogen-bond acceptors (Lipinski definition) is 4. The van der Waals surface area contributed by atoms with E-state index in [2.05, 4.69) is 5.32 Å². The van der Waals surface area contributed by atoms with Gasteiger partial charge in [-0.1, -0.05) is 44.2 Å². The Morgan fingerprint density at radius 1 is 1.04 bits per heavy atom. The average molecular weight is 379 g/mol. The van der Waals surface area contributed by atoms with Gasteiger partial charge in [0.15, 0.2) is 6.61 Å². The van der Waals surface area contributed by atoms with Crippen molar-refractivity contribution in [1.82, 2.24) is 0 Å². The lowest BCUT2D eigenvalue weighted by molar-refractivity contribution is -0.146. The third-order valence-corrected chi connectivity index (χ3v) is 4.77. The van der Waals surface area contributed by atoms with Gasteiger partial charge in [0.1, 0.15) is 5.58 Å². The van der Waals surface area contributed by atoms with Gasteiger partial charge in [0, 0.05) is 16.6 Å². The second kappa shape index (κ2) is 8.74. The molecule has 0 radical (unpaired) electrons. The molecule has 0 saturated heterocycles. The van der Waals surface area contributed by atoms with Crippen LogP contribution < -0.4 is 5.32 Å². The Kier molecular flexibility index (Phi) is 6.14. The van der Waals surface area contributed by atoms with Gasteiger partial charge in [0.2, 0.25) is 0 Å². The van der Waals surface area contributed by atoms with Gasteiger partial charge in [-0.05, 0) is 42.5 Å². The van der Waals surface area contributed by atoms with Crippen LogP contribution >= 0.6 is 0 Å². The van der Waals surface area contributed by atoms with Crippen LogP contribution in [0.15, 0.2) is 47.1 Å². The molecule has 0 unspecified atom stereocenters. The van der Waals surface area contributed by atoms with Crippen molar-refractivity contribution in [3.8, 4) is 0 Å². The molecular formula is C23H25NO4. The number of anilines is 1. The monoisotopic (exact) mass is 379 g/mol. The number of benzene rings is 2. The second-order valence-electron chi connectivity index (χ2n) is 6.80. The Balaban J connectivity index is 1.59. The number of ether oxygens (including phenoxy) is 1. The molecule has 0 fully saturated rings. The highest BCUT2D eigenvalue weighted by atomic mass is 16.5. The van der Waals surface area contributed by atoms with Crippen LogP contribution in [0.4, 0.5) is 5.69 Å². The van der Waals surface area contributed by atoms with Gasteiger partial charge in [0.05, 0.1) is 12.7 Å². The van der Waals surface area contributed by atoms with Crippen LogP contribution in [-0.4, -0.2) is 18.5 Å². The number of fused-ring (bicyclic) bond motifs is 1. The third kappa shape index (κ3) is 4.42. The van der Waals surface area contributed by atoms with Crippen molar-refractivity contribution in [3.05, 3.63) is 64.9 Å². The minimum atomic E-state index is -0.460. The first kappa shape index (κ1) is 19.7. The Bertz CT molecular complexity index is 981. The standard InChI is InChI=1S/C23H25NO4/c1-4-16-7-6-8-17(5-2)23(16)24-21(25)14-28-22(26)12-18-13-27-20-11-15(3)9-10-19(18)20/h6-11,13H,4-5,12,14H2,1-3H3,(H,24,25). The zero-order valence-electron chi connectivity index (χ0n) is 16.5. The zero-order chi connectivity index (χ0) is 20.1. The maximum Gasteiger partial charge on any atom is 0.310 e. The third-order valence-electron chi connectivity index (χ3n) is 4.77. The summed E-state index contributed by atoms with van der Waals surface area (Å²) < 4.78 is 10.7. The van der Waals surface area contributed by atoms with Gasteiger partial charge < -0.3 is 14.5 Å². The smallest absolute Gasteiger partial charge is 0.310 e. The normalized spacial score (nSPS) is 10.8. The molecular weight excluding hydrogens is 354 g/mol. The van der Waals surface area contributed by atoms with Crippen molar-refractivity contribution in [2.75, 3.05) is 11.9 Å². The van der Waals surface area contributed by atoms with E-state index in [-0.39, 0.29) is 18.9 Å². The molecule has 1 amide bonds.